The Kier molecular flexibility index (Phi) is 2.52. The second kappa shape index (κ2) is 3.27. The lowest BCUT2D eigenvalue weighted by molar-refractivity contribution is 1.20. The van der Waals surface area contributed by atoms with E-state index in [2.05, 4.69) is 35.7 Å². The van der Waals surface area contributed by atoms with Gasteiger partial charge >= 0.3 is 0 Å². The quantitative estimate of drug-likeness (QED) is 0.708. The van der Waals surface area contributed by atoms with E-state index in [0.29, 0.717) is 0 Å². The number of hydrogen-bond donors (Lipinski definition) is 1. The van der Waals surface area contributed by atoms with Crippen LogP contribution in [-0.4, -0.2) is 13.2 Å². The summed E-state index contributed by atoms with van der Waals surface area (Å²) in [6.07, 6.45) is 1.82. The molecule has 0 fully saturated rings. The minimum atomic E-state index is -1.22. The summed E-state index contributed by atoms with van der Waals surface area (Å²) in [4.78, 5) is 7.75. The first kappa shape index (κ1) is 9.26. The largest absolute Gasteiger partial charge is 0.409 e. The van der Waals surface area contributed by atoms with Crippen molar-refractivity contribution in [2.75, 3.05) is 4.98 Å². The van der Waals surface area contributed by atoms with Gasteiger partial charge < -0.3 is 4.98 Å². The van der Waals surface area contributed by atoms with Crippen molar-refractivity contribution in [2.24, 2.45) is 0 Å². The molecule has 0 aliphatic rings. The van der Waals surface area contributed by atoms with E-state index in [4.69, 9.17) is 0 Å². The van der Waals surface area contributed by atoms with Crippen molar-refractivity contribution in [1.29, 1.82) is 0 Å². The Hall–Kier alpha value is -0.833. The van der Waals surface area contributed by atoms with Crippen LogP contribution in [0.2, 0.25) is 19.6 Å². The highest BCUT2D eigenvalue weighted by Crippen LogP contribution is 2.14. The predicted molar refractivity (Wildman–Crippen MR) is 55.9 cm³/mol. The summed E-state index contributed by atoms with van der Waals surface area (Å²) in [5, 5.41) is 0. The standard InChI is InChI=1S/C9H16N2Si/c1-8-9(6-5-7-10-8)11-12(2,3)4/h5-7,11H,1-4H3. The normalized spacial score (nSPS) is 11.3. The van der Waals surface area contributed by atoms with Crippen LogP contribution in [0.4, 0.5) is 5.69 Å². The molecular formula is C9H16N2Si. The number of rotatable bonds is 2. The zero-order valence-electron chi connectivity index (χ0n) is 8.18. The molecule has 66 valence electrons. The van der Waals surface area contributed by atoms with Gasteiger partial charge in [-0.3, -0.25) is 4.98 Å². The maximum Gasteiger partial charge on any atom is 0.144 e. The number of aromatic nitrogens is 1. The smallest absolute Gasteiger partial charge is 0.144 e. The zero-order valence-corrected chi connectivity index (χ0v) is 9.18. The number of anilines is 1. The van der Waals surface area contributed by atoms with Gasteiger partial charge in [-0.25, -0.2) is 0 Å². The summed E-state index contributed by atoms with van der Waals surface area (Å²) in [6.45, 7) is 8.86. The molecule has 0 saturated heterocycles. The van der Waals surface area contributed by atoms with Gasteiger partial charge in [0.1, 0.15) is 8.24 Å². The van der Waals surface area contributed by atoms with Gasteiger partial charge in [0, 0.05) is 11.9 Å². The summed E-state index contributed by atoms with van der Waals surface area (Å²) < 4.78 is 0. The number of nitrogens with one attached hydrogen (secondary N) is 1. The molecule has 0 amide bonds. The van der Waals surface area contributed by atoms with Gasteiger partial charge in [0.15, 0.2) is 0 Å². The predicted octanol–water partition coefficient (Wildman–Crippen LogP) is 2.64. The van der Waals surface area contributed by atoms with Crippen LogP contribution >= 0.6 is 0 Å². The van der Waals surface area contributed by atoms with Crippen LogP contribution in [0, 0.1) is 6.92 Å². The molecule has 0 aliphatic heterocycles. The molecule has 3 heteroatoms. The molecule has 0 radical (unpaired) electrons. The van der Waals surface area contributed by atoms with Crippen LogP contribution in [0.3, 0.4) is 0 Å². The molecule has 0 atom stereocenters. The molecular weight excluding hydrogens is 164 g/mol. The SMILES string of the molecule is Cc1ncccc1N[Si](C)(C)C. The minimum Gasteiger partial charge on any atom is -0.409 e. The van der Waals surface area contributed by atoms with E-state index in [1.165, 1.54) is 5.69 Å². The zero-order chi connectivity index (χ0) is 9.19. The Morgan fingerprint density at radius 3 is 2.50 bits per heavy atom. The van der Waals surface area contributed by atoms with Crippen LogP contribution in [-0.2, 0) is 0 Å². The van der Waals surface area contributed by atoms with Crippen molar-refractivity contribution >= 4 is 13.9 Å². The van der Waals surface area contributed by atoms with Crippen molar-refractivity contribution in [2.45, 2.75) is 26.6 Å². The third-order valence-electron chi connectivity index (χ3n) is 1.52. The second-order valence-corrected chi connectivity index (χ2v) is 8.76. The van der Waals surface area contributed by atoms with E-state index < -0.39 is 8.24 Å². The van der Waals surface area contributed by atoms with Crippen LogP contribution < -0.4 is 4.98 Å². The molecule has 1 heterocycles. The van der Waals surface area contributed by atoms with Gasteiger partial charge in [0.05, 0.1) is 5.69 Å². The first-order chi connectivity index (χ1) is 5.49. The first-order valence-corrected chi connectivity index (χ1v) is 7.69. The molecule has 12 heavy (non-hydrogen) atoms. The van der Waals surface area contributed by atoms with Crippen molar-refractivity contribution in [3.05, 3.63) is 24.0 Å². The maximum absolute atomic E-state index is 4.22. The average molecular weight is 180 g/mol. The fourth-order valence-electron chi connectivity index (χ4n) is 1.02. The molecule has 0 spiro atoms. The van der Waals surface area contributed by atoms with Gasteiger partial charge in [-0.1, -0.05) is 19.6 Å². The van der Waals surface area contributed by atoms with E-state index in [1.807, 2.05) is 19.2 Å². The van der Waals surface area contributed by atoms with Crippen molar-refractivity contribution in [1.82, 2.24) is 4.98 Å². The minimum absolute atomic E-state index is 1.08. The molecule has 0 saturated carbocycles. The van der Waals surface area contributed by atoms with Crippen LogP contribution in [0.5, 0.6) is 0 Å². The fraction of sp³-hybridized carbons (Fsp3) is 0.444. The maximum atomic E-state index is 4.22. The summed E-state index contributed by atoms with van der Waals surface area (Å²) >= 11 is 0. The van der Waals surface area contributed by atoms with Crippen molar-refractivity contribution in [3.8, 4) is 0 Å². The summed E-state index contributed by atoms with van der Waals surface area (Å²) in [5.74, 6) is 0. The summed E-state index contributed by atoms with van der Waals surface area (Å²) in [5.41, 5.74) is 2.26. The molecule has 0 aliphatic carbocycles. The van der Waals surface area contributed by atoms with E-state index in [-0.39, 0.29) is 0 Å². The Bertz CT molecular complexity index is 265. The molecule has 0 bridgehead atoms. The van der Waals surface area contributed by atoms with E-state index in [1.54, 1.807) is 0 Å². The van der Waals surface area contributed by atoms with E-state index >= 15 is 0 Å². The first-order valence-electron chi connectivity index (χ1n) is 4.19. The third-order valence-corrected chi connectivity index (χ3v) is 2.54. The molecule has 1 rings (SSSR count). The highest BCUT2D eigenvalue weighted by Gasteiger charge is 2.13. The number of pyridine rings is 1. The van der Waals surface area contributed by atoms with E-state index in [9.17, 15) is 0 Å². The summed E-state index contributed by atoms with van der Waals surface area (Å²) in [7, 11) is -1.22. The third kappa shape index (κ3) is 2.66. The lowest BCUT2D eigenvalue weighted by atomic mass is 10.3. The number of nitrogens with zero attached hydrogens (tertiary/aromatic N) is 1. The monoisotopic (exact) mass is 180 g/mol. The Labute approximate surface area is 75.1 Å². The van der Waals surface area contributed by atoms with Crippen LogP contribution in [0.1, 0.15) is 5.69 Å². The van der Waals surface area contributed by atoms with Gasteiger partial charge in [0.25, 0.3) is 0 Å². The topological polar surface area (TPSA) is 24.9 Å². The highest BCUT2D eigenvalue weighted by molar-refractivity contribution is 6.79. The summed E-state index contributed by atoms with van der Waals surface area (Å²) in [6, 6.07) is 4.05. The fourth-order valence-corrected chi connectivity index (χ4v) is 2.09. The lowest BCUT2D eigenvalue weighted by Crippen LogP contribution is -2.32. The Morgan fingerprint density at radius 2 is 2.00 bits per heavy atom. The molecule has 1 aromatic rings. The highest BCUT2D eigenvalue weighted by atomic mass is 28.3. The lowest BCUT2D eigenvalue weighted by Gasteiger charge is -2.20. The molecule has 2 nitrogen and oxygen atoms in total. The second-order valence-electron chi connectivity index (χ2n) is 4.01. The average Bonchev–Trinajstić information content (AvgIpc) is 1.91. The molecule has 1 aromatic heterocycles. The van der Waals surface area contributed by atoms with Crippen LogP contribution in [0.15, 0.2) is 18.3 Å². The van der Waals surface area contributed by atoms with Gasteiger partial charge in [-0.05, 0) is 19.1 Å². The Balaban J connectivity index is 2.83. The van der Waals surface area contributed by atoms with Crippen molar-refractivity contribution < 1.29 is 0 Å². The Morgan fingerprint density at radius 1 is 1.33 bits per heavy atom. The van der Waals surface area contributed by atoms with Gasteiger partial charge in [-0.15, -0.1) is 0 Å². The number of hydrogen-bond acceptors (Lipinski definition) is 2. The van der Waals surface area contributed by atoms with Gasteiger partial charge in [-0.2, -0.15) is 0 Å². The molecule has 0 aromatic carbocycles. The molecule has 0 unspecified atom stereocenters. The molecule has 1 N–H and O–H groups in total. The van der Waals surface area contributed by atoms with Gasteiger partial charge in [0.2, 0.25) is 0 Å². The van der Waals surface area contributed by atoms with Crippen molar-refractivity contribution in [3.63, 3.8) is 0 Å². The van der Waals surface area contributed by atoms with Crippen LogP contribution in [0.25, 0.3) is 0 Å². The van der Waals surface area contributed by atoms with E-state index in [0.717, 1.165) is 5.69 Å². The number of aryl methyl sites for hydroxylation is 1.